The normalized spacial score (nSPS) is 18.3. The molecule has 2 aromatic carbocycles. The molecule has 0 radical (unpaired) electrons. The topological polar surface area (TPSA) is 12.0 Å². The van der Waals surface area contributed by atoms with Gasteiger partial charge in [-0.15, -0.1) is 0 Å². The van der Waals surface area contributed by atoms with Gasteiger partial charge in [-0.1, -0.05) is 65.5 Å². The zero-order valence-electron chi connectivity index (χ0n) is 12.0. The molecule has 1 aliphatic carbocycles. The lowest BCUT2D eigenvalue weighted by Crippen LogP contribution is -2.27. The quantitative estimate of drug-likeness (QED) is 0.789. The van der Waals surface area contributed by atoms with Gasteiger partial charge in [0.15, 0.2) is 0 Å². The van der Waals surface area contributed by atoms with Crippen LogP contribution in [0.25, 0.3) is 10.8 Å². The largest absolute Gasteiger partial charge is 0.313 e. The zero-order chi connectivity index (χ0) is 13.9. The number of fused-ring (bicyclic) bond motifs is 1. The van der Waals surface area contributed by atoms with E-state index in [-0.39, 0.29) is 0 Å². The maximum Gasteiger partial charge on any atom is 0.0352 e. The first-order chi connectivity index (χ1) is 9.81. The molecule has 20 heavy (non-hydrogen) atoms. The Bertz CT molecular complexity index is 587. The molecule has 0 aliphatic heterocycles. The van der Waals surface area contributed by atoms with Crippen molar-refractivity contribution in [3.05, 3.63) is 46.4 Å². The van der Waals surface area contributed by atoms with E-state index in [4.69, 9.17) is 0 Å². The van der Waals surface area contributed by atoms with Gasteiger partial charge in [0.05, 0.1) is 0 Å². The van der Waals surface area contributed by atoms with Crippen LogP contribution in [0.3, 0.4) is 0 Å². The molecule has 3 rings (SSSR count). The second kappa shape index (κ2) is 6.28. The molecule has 0 heterocycles. The second-order valence-corrected chi connectivity index (χ2v) is 6.70. The van der Waals surface area contributed by atoms with Crippen molar-refractivity contribution in [2.24, 2.45) is 5.92 Å². The Morgan fingerprint density at radius 2 is 1.70 bits per heavy atom. The maximum atomic E-state index is 3.68. The fourth-order valence-corrected chi connectivity index (χ4v) is 4.15. The van der Waals surface area contributed by atoms with Crippen molar-refractivity contribution in [3.63, 3.8) is 0 Å². The summed E-state index contributed by atoms with van der Waals surface area (Å²) in [5.41, 5.74) is 1.46. The lowest BCUT2D eigenvalue weighted by atomic mass is 9.80. The van der Waals surface area contributed by atoms with Crippen LogP contribution in [0.15, 0.2) is 40.9 Å². The summed E-state index contributed by atoms with van der Waals surface area (Å²) in [6, 6.07) is 13.7. The van der Waals surface area contributed by atoms with E-state index in [0.717, 1.165) is 5.92 Å². The molecular weight excluding hydrogens is 310 g/mol. The number of benzene rings is 2. The highest BCUT2D eigenvalue weighted by Crippen LogP contribution is 2.38. The van der Waals surface area contributed by atoms with E-state index < -0.39 is 0 Å². The summed E-state index contributed by atoms with van der Waals surface area (Å²) >= 11 is 3.68. The Hall–Kier alpha value is -0.860. The SMILES string of the molecule is CNC(c1ccc(Br)c2ccccc12)C1CCCCC1. The Labute approximate surface area is 129 Å². The molecule has 0 spiro atoms. The lowest BCUT2D eigenvalue weighted by Gasteiger charge is -2.31. The van der Waals surface area contributed by atoms with Crippen LogP contribution < -0.4 is 5.32 Å². The average Bonchev–Trinajstić information content (AvgIpc) is 2.52. The van der Waals surface area contributed by atoms with E-state index in [1.807, 2.05) is 0 Å². The molecule has 106 valence electrons. The van der Waals surface area contributed by atoms with Crippen LogP contribution in [0, 0.1) is 5.92 Å². The molecule has 2 aromatic rings. The van der Waals surface area contributed by atoms with Gasteiger partial charge in [-0.3, -0.25) is 0 Å². The molecule has 0 bridgehead atoms. The van der Waals surface area contributed by atoms with Gasteiger partial charge in [0.1, 0.15) is 0 Å². The molecule has 1 fully saturated rings. The molecule has 1 atom stereocenters. The fourth-order valence-electron chi connectivity index (χ4n) is 3.67. The molecule has 2 heteroatoms. The van der Waals surface area contributed by atoms with Crippen molar-refractivity contribution in [1.29, 1.82) is 0 Å². The number of halogens is 1. The predicted octanol–water partition coefficient (Wildman–Crippen LogP) is 5.44. The third kappa shape index (κ3) is 2.64. The molecule has 1 saturated carbocycles. The number of nitrogens with one attached hydrogen (secondary N) is 1. The molecular formula is C18H22BrN. The number of hydrogen-bond donors (Lipinski definition) is 1. The molecule has 1 nitrogen and oxygen atoms in total. The Morgan fingerprint density at radius 1 is 1.00 bits per heavy atom. The summed E-state index contributed by atoms with van der Waals surface area (Å²) in [6.07, 6.45) is 6.90. The Balaban J connectivity index is 2.05. The van der Waals surface area contributed by atoms with E-state index in [2.05, 4.69) is 64.7 Å². The van der Waals surface area contributed by atoms with E-state index in [1.54, 1.807) is 0 Å². The molecule has 0 amide bonds. The molecule has 1 unspecified atom stereocenters. The average molecular weight is 332 g/mol. The summed E-state index contributed by atoms with van der Waals surface area (Å²) in [7, 11) is 2.11. The third-order valence-electron chi connectivity index (χ3n) is 4.67. The highest BCUT2D eigenvalue weighted by atomic mass is 79.9. The van der Waals surface area contributed by atoms with E-state index in [1.165, 1.54) is 52.9 Å². The van der Waals surface area contributed by atoms with Crippen LogP contribution in [0.2, 0.25) is 0 Å². The van der Waals surface area contributed by atoms with Crippen LogP contribution in [-0.2, 0) is 0 Å². The highest BCUT2D eigenvalue weighted by Gasteiger charge is 2.25. The maximum absolute atomic E-state index is 3.68. The van der Waals surface area contributed by atoms with Crippen LogP contribution in [0.1, 0.15) is 43.7 Å². The monoisotopic (exact) mass is 331 g/mol. The molecule has 1 N–H and O–H groups in total. The van der Waals surface area contributed by atoms with Gasteiger partial charge in [0.25, 0.3) is 0 Å². The van der Waals surface area contributed by atoms with Gasteiger partial charge >= 0.3 is 0 Å². The second-order valence-electron chi connectivity index (χ2n) is 5.85. The van der Waals surface area contributed by atoms with Crippen LogP contribution in [-0.4, -0.2) is 7.05 Å². The Morgan fingerprint density at radius 3 is 2.40 bits per heavy atom. The first-order valence-electron chi connectivity index (χ1n) is 7.65. The standard InChI is InChI=1S/C18H22BrN/c1-20-18(13-7-3-2-4-8-13)16-11-12-17(19)15-10-6-5-9-14(15)16/h5-6,9-13,18,20H,2-4,7-8H2,1H3. The summed E-state index contributed by atoms with van der Waals surface area (Å²) in [5, 5.41) is 6.29. The lowest BCUT2D eigenvalue weighted by molar-refractivity contribution is 0.283. The van der Waals surface area contributed by atoms with Crippen molar-refractivity contribution in [2.45, 2.75) is 38.1 Å². The van der Waals surface area contributed by atoms with E-state index in [0.29, 0.717) is 6.04 Å². The van der Waals surface area contributed by atoms with Crippen molar-refractivity contribution in [3.8, 4) is 0 Å². The summed E-state index contributed by atoms with van der Waals surface area (Å²) in [4.78, 5) is 0. The van der Waals surface area contributed by atoms with Gasteiger partial charge in [0, 0.05) is 10.5 Å². The van der Waals surface area contributed by atoms with Gasteiger partial charge in [-0.2, -0.15) is 0 Å². The first-order valence-corrected chi connectivity index (χ1v) is 8.45. The zero-order valence-corrected chi connectivity index (χ0v) is 13.6. The minimum Gasteiger partial charge on any atom is -0.313 e. The van der Waals surface area contributed by atoms with Crippen LogP contribution >= 0.6 is 15.9 Å². The molecule has 1 aliphatic rings. The highest BCUT2D eigenvalue weighted by molar-refractivity contribution is 9.10. The third-order valence-corrected chi connectivity index (χ3v) is 5.36. The first kappa shape index (κ1) is 14.1. The number of hydrogen-bond acceptors (Lipinski definition) is 1. The molecule has 0 saturated heterocycles. The fraction of sp³-hybridized carbons (Fsp3) is 0.444. The van der Waals surface area contributed by atoms with Gasteiger partial charge in [0.2, 0.25) is 0 Å². The van der Waals surface area contributed by atoms with Crippen LogP contribution in [0.4, 0.5) is 0 Å². The van der Waals surface area contributed by atoms with Gasteiger partial charge < -0.3 is 5.32 Å². The summed E-state index contributed by atoms with van der Waals surface area (Å²) in [5.74, 6) is 0.776. The van der Waals surface area contributed by atoms with E-state index >= 15 is 0 Å². The van der Waals surface area contributed by atoms with E-state index in [9.17, 15) is 0 Å². The van der Waals surface area contributed by atoms with Crippen LogP contribution in [0.5, 0.6) is 0 Å². The smallest absolute Gasteiger partial charge is 0.0352 e. The van der Waals surface area contributed by atoms with Gasteiger partial charge in [-0.25, -0.2) is 0 Å². The number of rotatable bonds is 3. The molecule has 0 aromatic heterocycles. The van der Waals surface area contributed by atoms with Crippen molar-refractivity contribution in [2.75, 3.05) is 7.05 Å². The van der Waals surface area contributed by atoms with Gasteiger partial charge in [-0.05, 0) is 48.2 Å². The minimum atomic E-state index is 0.480. The van der Waals surface area contributed by atoms with Crippen molar-refractivity contribution in [1.82, 2.24) is 5.32 Å². The predicted molar refractivity (Wildman–Crippen MR) is 90.0 cm³/mol. The summed E-state index contributed by atoms with van der Waals surface area (Å²) in [6.45, 7) is 0. The minimum absolute atomic E-state index is 0.480. The summed E-state index contributed by atoms with van der Waals surface area (Å²) < 4.78 is 1.19. The Kier molecular flexibility index (Phi) is 4.42. The van der Waals surface area contributed by atoms with Crippen molar-refractivity contribution >= 4 is 26.7 Å². The van der Waals surface area contributed by atoms with Crippen molar-refractivity contribution < 1.29 is 0 Å².